The Labute approximate surface area is 107 Å². The predicted octanol–water partition coefficient (Wildman–Crippen LogP) is 3.53. The van der Waals surface area contributed by atoms with Crippen LogP contribution in [0.3, 0.4) is 0 Å². The Morgan fingerprint density at radius 3 is 2.73 bits per heavy atom. The first-order chi connectivity index (χ1) is 7.26. The summed E-state index contributed by atoms with van der Waals surface area (Å²) in [6.45, 7) is 2.32. The quantitative estimate of drug-likeness (QED) is 0.708. The third-order valence-electron chi connectivity index (χ3n) is 2.18. The van der Waals surface area contributed by atoms with Gasteiger partial charge >= 0.3 is 108 Å². The summed E-state index contributed by atoms with van der Waals surface area (Å²) < 4.78 is 14.9. The van der Waals surface area contributed by atoms with E-state index in [4.69, 9.17) is 9.47 Å². The second-order valence-corrected chi connectivity index (χ2v) is 4.22. The van der Waals surface area contributed by atoms with Crippen molar-refractivity contribution in [2.75, 3.05) is 6.79 Å². The third kappa shape index (κ3) is 2.06. The van der Waals surface area contributed by atoms with Crippen molar-refractivity contribution < 1.29 is 29.1 Å². The molecule has 0 aliphatic carbocycles. The van der Waals surface area contributed by atoms with Gasteiger partial charge in [-0.05, 0) is 0 Å². The van der Waals surface area contributed by atoms with Crippen LogP contribution in [-0.2, 0) is 19.6 Å². The second-order valence-electron chi connectivity index (χ2n) is 3.11. The molecular weight excluding hydrogens is 430 g/mol. The van der Waals surface area contributed by atoms with Crippen LogP contribution in [0.25, 0.3) is 5.57 Å². The van der Waals surface area contributed by atoms with Crippen LogP contribution in [0.2, 0.25) is 0 Å². The van der Waals surface area contributed by atoms with Crippen molar-refractivity contribution >= 4 is 27.2 Å². The van der Waals surface area contributed by atoms with E-state index in [1.54, 1.807) is 0 Å². The summed E-state index contributed by atoms with van der Waals surface area (Å²) >= 11 is 4.50. The Bertz CT molecular complexity index is 445. The fourth-order valence-electron chi connectivity index (χ4n) is 1.38. The Hall–Kier alpha value is -0.472. The summed E-state index contributed by atoms with van der Waals surface area (Å²) in [5.41, 5.74) is 3.14. The molecule has 1 aliphatic heterocycles. The molecule has 1 aromatic carbocycles. The van der Waals surface area contributed by atoms with Gasteiger partial charge in [0.15, 0.2) is 0 Å². The number of fused-ring (bicyclic) bond motifs is 1. The summed E-state index contributed by atoms with van der Waals surface area (Å²) in [6, 6.07) is 3.89. The van der Waals surface area contributed by atoms with Gasteiger partial charge in [-0.15, -0.1) is 0 Å². The minimum absolute atomic E-state index is 0.297. The van der Waals surface area contributed by atoms with Crippen LogP contribution < -0.4 is 9.47 Å². The zero-order chi connectivity index (χ0) is 10.8. The van der Waals surface area contributed by atoms with Crippen LogP contribution in [0.5, 0.6) is 11.5 Å². The maximum absolute atomic E-state index is 5.33. The average molecular weight is 438 g/mol. The second kappa shape index (κ2) is 4.58. The molecule has 2 rings (SSSR count). The van der Waals surface area contributed by atoms with Crippen molar-refractivity contribution in [2.24, 2.45) is 3.50 Å². The van der Waals surface area contributed by atoms with Gasteiger partial charge in [-0.2, -0.15) is 0 Å². The fraction of sp³-hybridized carbons (Fsp3) is 0.200. The summed E-state index contributed by atoms with van der Waals surface area (Å²) in [5.74, 6) is 1.57. The summed E-state index contributed by atoms with van der Waals surface area (Å²) in [6.07, 6.45) is 0. The van der Waals surface area contributed by atoms with Crippen LogP contribution in [0.1, 0.15) is 12.5 Å². The molecule has 0 bridgehead atoms. The molecule has 1 aromatic rings. The van der Waals surface area contributed by atoms with Crippen LogP contribution in [0, 0.1) is 0 Å². The van der Waals surface area contributed by atoms with Gasteiger partial charge < -0.3 is 0 Å². The zero-order valence-electron chi connectivity index (χ0n) is 7.99. The summed E-state index contributed by atoms with van der Waals surface area (Å²) in [5, 5.41) is 0. The molecule has 0 atom stereocenters. The molecule has 0 N–H and O–H groups in total. The number of hydrogen-bond acceptors (Lipinski definition) is 3. The molecule has 0 amide bonds. The molecule has 78 valence electrons. The van der Waals surface area contributed by atoms with Crippen molar-refractivity contribution in [2.45, 2.75) is 6.92 Å². The SMILES string of the molecule is CC(=CBr)c1cc2c(cc1[N]=[W])OCO2. The van der Waals surface area contributed by atoms with Gasteiger partial charge in [-0.1, -0.05) is 0 Å². The van der Waals surface area contributed by atoms with Crippen molar-refractivity contribution in [1.82, 2.24) is 0 Å². The molecule has 0 spiro atoms. The van der Waals surface area contributed by atoms with Gasteiger partial charge in [0.1, 0.15) is 0 Å². The van der Waals surface area contributed by atoms with Crippen molar-refractivity contribution in [1.29, 1.82) is 0 Å². The van der Waals surface area contributed by atoms with Crippen molar-refractivity contribution in [3.8, 4) is 11.5 Å². The number of allylic oxidation sites excluding steroid dienone is 1. The molecule has 1 heterocycles. The van der Waals surface area contributed by atoms with E-state index in [0.717, 1.165) is 28.3 Å². The van der Waals surface area contributed by atoms with Gasteiger partial charge in [-0.25, -0.2) is 0 Å². The van der Waals surface area contributed by atoms with E-state index < -0.39 is 0 Å². The first-order valence-corrected chi connectivity index (χ1v) is 6.53. The molecule has 0 radical (unpaired) electrons. The predicted molar refractivity (Wildman–Crippen MR) is 57.2 cm³/mol. The Kier molecular flexibility index (Phi) is 3.37. The van der Waals surface area contributed by atoms with E-state index in [2.05, 4.69) is 19.4 Å². The Morgan fingerprint density at radius 1 is 1.47 bits per heavy atom. The molecule has 1 aliphatic rings. The average Bonchev–Trinajstić information content (AvgIpc) is 2.73. The van der Waals surface area contributed by atoms with Crippen LogP contribution in [0.15, 0.2) is 20.6 Å². The normalized spacial score (nSPS) is 14.1. The Balaban J connectivity index is 2.58. The van der Waals surface area contributed by atoms with Gasteiger partial charge in [0.2, 0.25) is 0 Å². The molecule has 0 fully saturated rings. The molecule has 15 heavy (non-hydrogen) atoms. The van der Waals surface area contributed by atoms with Crippen LogP contribution in [-0.4, -0.2) is 6.79 Å². The Morgan fingerprint density at radius 2 is 2.13 bits per heavy atom. The first kappa shape index (κ1) is 11.0. The zero-order valence-corrected chi connectivity index (χ0v) is 12.5. The molecule has 3 nitrogen and oxygen atoms in total. The van der Waals surface area contributed by atoms with E-state index in [0.29, 0.717) is 6.79 Å². The number of benzene rings is 1. The van der Waals surface area contributed by atoms with Crippen molar-refractivity contribution in [3.63, 3.8) is 0 Å². The monoisotopic (exact) mass is 437 g/mol. The fourth-order valence-corrected chi connectivity index (χ4v) is 2.17. The first-order valence-electron chi connectivity index (χ1n) is 4.30. The summed E-state index contributed by atoms with van der Waals surface area (Å²) in [4.78, 5) is 1.88. The third-order valence-corrected chi connectivity index (χ3v) is 3.57. The standard InChI is InChI=1S/C10H8BrNO2.W/c1-6(4-11)7-2-9-10(3-8(7)12)14-5-13-9;/h2-4H,5H2,1H3;. The molecule has 0 saturated heterocycles. The molecule has 0 saturated carbocycles. The van der Waals surface area contributed by atoms with Crippen LogP contribution in [0.4, 0.5) is 5.69 Å². The van der Waals surface area contributed by atoms with Crippen LogP contribution >= 0.6 is 15.9 Å². The minimum atomic E-state index is 0.297. The summed E-state index contributed by atoms with van der Waals surface area (Å²) in [7, 11) is 0. The van der Waals surface area contributed by atoms with E-state index in [1.165, 1.54) is 19.6 Å². The molecule has 5 heteroatoms. The number of rotatable bonds is 2. The topological polar surface area (TPSA) is 30.8 Å². The number of halogens is 1. The molecule has 0 unspecified atom stereocenters. The van der Waals surface area contributed by atoms with Gasteiger partial charge in [0, 0.05) is 0 Å². The van der Waals surface area contributed by atoms with Gasteiger partial charge in [0.05, 0.1) is 0 Å². The van der Waals surface area contributed by atoms with E-state index in [1.807, 2.05) is 24.0 Å². The van der Waals surface area contributed by atoms with E-state index >= 15 is 0 Å². The van der Waals surface area contributed by atoms with Gasteiger partial charge in [0.25, 0.3) is 0 Å². The van der Waals surface area contributed by atoms with E-state index in [9.17, 15) is 0 Å². The molecular formula is C10H8BrNO2W. The number of nitrogens with zero attached hydrogens (tertiary/aromatic N) is 1. The van der Waals surface area contributed by atoms with Crippen molar-refractivity contribution in [3.05, 3.63) is 22.7 Å². The maximum atomic E-state index is 5.33. The molecule has 0 aromatic heterocycles. The number of hydrogen-bond donors (Lipinski definition) is 0. The van der Waals surface area contributed by atoms with Gasteiger partial charge in [-0.3, -0.25) is 0 Å². The number of ether oxygens (including phenoxy) is 2. The van der Waals surface area contributed by atoms with E-state index in [-0.39, 0.29) is 0 Å².